The highest BCUT2D eigenvalue weighted by atomic mass is 16.5. The lowest BCUT2D eigenvalue weighted by molar-refractivity contribution is 0.398. The molecule has 0 aliphatic rings. The summed E-state index contributed by atoms with van der Waals surface area (Å²) < 4.78 is 5.01. The van der Waals surface area contributed by atoms with Crippen LogP contribution in [-0.2, 0) is 0 Å². The fourth-order valence-corrected chi connectivity index (χ4v) is 1.37. The summed E-state index contributed by atoms with van der Waals surface area (Å²) in [6.07, 6.45) is 0. The van der Waals surface area contributed by atoms with Crippen molar-refractivity contribution in [2.75, 3.05) is 18.2 Å². The van der Waals surface area contributed by atoms with Gasteiger partial charge < -0.3 is 20.9 Å². The second kappa shape index (κ2) is 4.61. The quantitative estimate of drug-likeness (QED) is 0.705. The zero-order chi connectivity index (χ0) is 12.3. The van der Waals surface area contributed by atoms with E-state index in [1.165, 1.54) is 7.11 Å². The number of rotatable bonds is 3. The molecule has 0 saturated carbocycles. The number of hydrogen-bond donors (Lipinski definition) is 3. The molecular formula is C12H13N3O2. The molecular weight excluding hydrogens is 218 g/mol. The fraction of sp³-hybridized carbons (Fsp3) is 0.0833. The van der Waals surface area contributed by atoms with Crippen LogP contribution in [0.3, 0.4) is 0 Å². The summed E-state index contributed by atoms with van der Waals surface area (Å²) in [5.74, 6) is 1.04. The summed E-state index contributed by atoms with van der Waals surface area (Å²) in [6.45, 7) is 0. The molecule has 2 aromatic rings. The SMILES string of the molecule is COc1ccc(N)c(Nc2ccccc2O)n1. The number of nitrogens with one attached hydrogen (secondary N) is 1. The third kappa shape index (κ3) is 2.39. The highest BCUT2D eigenvalue weighted by Gasteiger charge is 2.06. The zero-order valence-electron chi connectivity index (χ0n) is 9.34. The summed E-state index contributed by atoms with van der Waals surface area (Å²) in [6, 6.07) is 10.2. The van der Waals surface area contributed by atoms with E-state index in [1.807, 2.05) is 0 Å². The van der Waals surface area contributed by atoms with Crippen LogP contribution in [0.1, 0.15) is 0 Å². The third-order valence-electron chi connectivity index (χ3n) is 2.27. The van der Waals surface area contributed by atoms with Crippen LogP contribution in [0.5, 0.6) is 11.6 Å². The Hall–Kier alpha value is -2.43. The first-order valence-corrected chi connectivity index (χ1v) is 5.06. The molecule has 5 nitrogen and oxygen atoms in total. The molecule has 0 spiro atoms. The molecule has 0 radical (unpaired) electrons. The summed E-state index contributed by atoms with van der Waals surface area (Å²) >= 11 is 0. The van der Waals surface area contributed by atoms with Crippen LogP contribution in [0, 0.1) is 0 Å². The highest BCUT2D eigenvalue weighted by Crippen LogP contribution is 2.28. The molecule has 0 bridgehead atoms. The largest absolute Gasteiger partial charge is 0.506 e. The molecule has 1 aromatic carbocycles. The summed E-state index contributed by atoms with van der Waals surface area (Å²) in [5.41, 5.74) is 6.80. The number of nitrogens with zero attached hydrogens (tertiary/aromatic N) is 1. The number of hydrogen-bond acceptors (Lipinski definition) is 5. The van der Waals surface area contributed by atoms with Gasteiger partial charge in [-0.15, -0.1) is 0 Å². The van der Waals surface area contributed by atoms with Gasteiger partial charge in [0.15, 0.2) is 5.82 Å². The standard InChI is InChI=1S/C12H13N3O2/c1-17-11-7-6-8(13)12(15-11)14-9-4-2-3-5-10(9)16/h2-7,16H,13H2,1H3,(H,14,15). The van der Waals surface area contributed by atoms with E-state index in [1.54, 1.807) is 36.4 Å². The molecule has 0 aliphatic carbocycles. The van der Waals surface area contributed by atoms with Gasteiger partial charge in [-0.2, -0.15) is 4.98 Å². The zero-order valence-corrected chi connectivity index (χ0v) is 9.34. The van der Waals surface area contributed by atoms with Crippen LogP contribution in [0.4, 0.5) is 17.2 Å². The number of aromatic nitrogens is 1. The van der Waals surface area contributed by atoms with Crippen LogP contribution in [0.15, 0.2) is 36.4 Å². The number of nitrogens with two attached hydrogens (primary N) is 1. The highest BCUT2D eigenvalue weighted by molar-refractivity contribution is 5.72. The van der Waals surface area contributed by atoms with Crippen molar-refractivity contribution in [3.05, 3.63) is 36.4 Å². The van der Waals surface area contributed by atoms with E-state index in [4.69, 9.17) is 10.5 Å². The molecule has 1 aromatic heterocycles. The number of ether oxygens (including phenoxy) is 1. The van der Waals surface area contributed by atoms with Crippen molar-refractivity contribution in [1.82, 2.24) is 4.98 Å². The number of pyridine rings is 1. The Kier molecular flexibility index (Phi) is 3.00. The molecule has 0 fully saturated rings. The average Bonchev–Trinajstić information content (AvgIpc) is 2.35. The first-order chi connectivity index (χ1) is 8.20. The number of methoxy groups -OCH3 is 1. The number of phenols is 1. The molecule has 0 amide bonds. The van der Waals surface area contributed by atoms with Crippen LogP contribution in [-0.4, -0.2) is 17.2 Å². The van der Waals surface area contributed by atoms with Crippen molar-refractivity contribution in [3.63, 3.8) is 0 Å². The number of phenolic OH excluding ortho intramolecular Hbond substituents is 1. The van der Waals surface area contributed by atoms with E-state index in [0.717, 1.165) is 0 Å². The van der Waals surface area contributed by atoms with Crippen LogP contribution < -0.4 is 15.8 Å². The third-order valence-corrected chi connectivity index (χ3v) is 2.27. The maximum absolute atomic E-state index is 9.63. The molecule has 0 unspecified atom stereocenters. The Labute approximate surface area is 98.9 Å². The maximum Gasteiger partial charge on any atom is 0.215 e. The molecule has 0 saturated heterocycles. The van der Waals surface area contributed by atoms with Crippen molar-refractivity contribution in [1.29, 1.82) is 0 Å². The van der Waals surface area contributed by atoms with Gasteiger partial charge >= 0.3 is 0 Å². The van der Waals surface area contributed by atoms with Gasteiger partial charge in [0, 0.05) is 6.07 Å². The minimum Gasteiger partial charge on any atom is -0.506 e. The lowest BCUT2D eigenvalue weighted by atomic mass is 10.3. The monoisotopic (exact) mass is 231 g/mol. The lowest BCUT2D eigenvalue weighted by Gasteiger charge is -2.10. The number of nitrogen functional groups attached to an aromatic ring is 1. The topological polar surface area (TPSA) is 80.4 Å². The predicted octanol–water partition coefficient (Wildman–Crippen LogP) is 2.12. The fourth-order valence-electron chi connectivity index (χ4n) is 1.37. The molecule has 4 N–H and O–H groups in total. The summed E-state index contributed by atoms with van der Waals surface area (Å²) in [4.78, 5) is 4.16. The average molecular weight is 231 g/mol. The number of para-hydroxylation sites is 2. The molecule has 17 heavy (non-hydrogen) atoms. The second-order valence-corrected chi connectivity index (χ2v) is 3.43. The molecule has 5 heteroatoms. The lowest BCUT2D eigenvalue weighted by Crippen LogP contribution is -2.00. The number of anilines is 3. The minimum absolute atomic E-state index is 0.136. The van der Waals surface area contributed by atoms with Crippen molar-refractivity contribution < 1.29 is 9.84 Å². The van der Waals surface area contributed by atoms with E-state index in [2.05, 4.69) is 10.3 Å². The van der Waals surface area contributed by atoms with Gasteiger partial charge in [0.1, 0.15) is 5.75 Å². The van der Waals surface area contributed by atoms with Crippen LogP contribution in [0.25, 0.3) is 0 Å². The minimum atomic E-state index is 0.136. The Morgan fingerprint density at radius 3 is 2.71 bits per heavy atom. The molecule has 88 valence electrons. The van der Waals surface area contributed by atoms with E-state index in [0.29, 0.717) is 23.1 Å². The Morgan fingerprint density at radius 1 is 1.24 bits per heavy atom. The van der Waals surface area contributed by atoms with Gasteiger partial charge in [-0.3, -0.25) is 0 Å². The first-order valence-electron chi connectivity index (χ1n) is 5.06. The number of aromatic hydroxyl groups is 1. The van der Waals surface area contributed by atoms with Gasteiger partial charge in [0.2, 0.25) is 5.88 Å². The summed E-state index contributed by atoms with van der Waals surface area (Å²) in [5, 5.41) is 12.6. The van der Waals surface area contributed by atoms with E-state index in [-0.39, 0.29) is 5.75 Å². The molecule has 1 heterocycles. The van der Waals surface area contributed by atoms with E-state index in [9.17, 15) is 5.11 Å². The maximum atomic E-state index is 9.63. The second-order valence-electron chi connectivity index (χ2n) is 3.43. The van der Waals surface area contributed by atoms with Crippen molar-refractivity contribution in [2.24, 2.45) is 0 Å². The van der Waals surface area contributed by atoms with Gasteiger partial charge in [-0.05, 0) is 18.2 Å². The molecule has 0 aliphatic heterocycles. The van der Waals surface area contributed by atoms with Crippen molar-refractivity contribution in [3.8, 4) is 11.6 Å². The Bertz CT molecular complexity index is 529. The number of benzene rings is 1. The Balaban J connectivity index is 2.32. The van der Waals surface area contributed by atoms with Gasteiger partial charge in [-0.1, -0.05) is 12.1 Å². The Morgan fingerprint density at radius 2 is 2.00 bits per heavy atom. The van der Waals surface area contributed by atoms with Gasteiger partial charge in [0.25, 0.3) is 0 Å². The first kappa shape index (κ1) is 11.1. The predicted molar refractivity (Wildman–Crippen MR) is 66.6 cm³/mol. The van der Waals surface area contributed by atoms with Gasteiger partial charge in [0.05, 0.1) is 18.5 Å². The van der Waals surface area contributed by atoms with Crippen LogP contribution in [0.2, 0.25) is 0 Å². The molecule has 0 atom stereocenters. The summed E-state index contributed by atoms with van der Waals surface area (Å²) in [7, 11) is 1.53. The van der Waals surface area contributed by atoms with Crippen LogP contribution >= 0.6 is 0 Å². The van der Waals surface area contributed by atoms with E-state index >= 15 is 0 Å². The van der Waals surface area contributed by atoms with Crippen molar-refractivity contribution in [2.45, 2.75) is 0 Å². The normalized spacial score (nSPS) is 9.94. The molecule has 2 rings (SSSR count). The van der Waals surface area contributed by atoms with Crippen molar-refractivity contribution >= 4 is 17.2 Å². The smallest absolute Gasteiger partial charge is 0.215 e. The van der Waals surface area contributed by atoms with E-state index < -0.39 is 0 Å². The van der Waals surface area contributed by atoms with Gasteiger partial charge in [-0.25, -0.2) is 0 Å².